The number of phenolic OH excluding ortho intramolecular Hbond substituents is 1. The van der Waals surface area contributed by atoms with Gasteiger partial charge in [-0.2, -0.15) is 0 Å². The Balaban J connectivity index is 2.67. The van der Waals surface area contributed by atoms with Crippen LogP contribution in [0.5, 0.6) is 11.5 Å². The van der Waals surface area contributed by atoms with Crippen LogP contribution >= 0.6 is 0 Å². The molecule has 1 aromatic carbocycles. The Morgan fingerprint density at radius 1 is 1.38 bits per heavy atom. The van der Waals surface area contributed by atoms with E-state index in [1.54, 1.807) is 0 Å². The molecule has 9 heteroatoms. The number of amides is 1. The lowest BCUT2D eigenvalue weighted by molar-refractivity contribution is -0.385. The molecule has 2 aromatic rings. The minimum atomic E-state index is -1.02. The topological polar surface area (TPSA) is 157 Å². The number of hydrogen-bond donors (Lipinski definition) is 3. The Morgan fingerprint density at radius 2 is 2.04 bits per heavy atom. The average molecular weight is 334 g/mol. The fourth-order valence-electron chi connectivity index (χ4n) is 2.33. The maximum Gasteiger partial charge on any atom is 0.310 e. The maximum atomic E-state index is 11.7. The number of benzene rings is 1. The first kappa shape index (κ1) is 17.0. The molecule has 1 atom stereocenters. The highest BCUT2D eigenvalue weighted by Gasteiger charge is 2.27. The fourth-order valence-corrected chi connectivity index (χ4v) is 2.33. The van der Waals surface area contributed by atoms with Crippen molar-refractivity contribution in [3.05, 3.63) is 61.7 Å². The van der Waals surface area contributed by atoms with Crippen molar-refractivity contribution in [1.29, 1.82) is 0 Å². The molecular weight excluding hydrogens is 320 g/mol. The monoisotopic (exact) mass is 334 g/mol. The minimum Gasteiger partial charge on any atom is -0.502 e. The van der Waals surface area contributed by atoms with Crippen molar-refractivity contribution in [2.24, 2.45) is 5.73 Å². The molecule has 4 N–H and O–H groups in total. The summed E-state index contributed by atoms with van der Waals surface area (Å²) < 4.78 is 5.35. The summed E-state index contributed by atoms with van der Waals surface area (Å²) in [5.41, 5.74) is 4.08. The number of primary amides is 1. The molecule has 126 valence electrons. The number of nitro benzene ring substituents is 1. The molecule has 0 aliphatic heterocycles. The molecule has 0 fully saturated rings. The predicted octanol–water partition coefficient (Wildman–Crippen LogP) is 1.27. The molecule has 0 saturated carbocycles. The van der Waals surface area contributed by atoms with Crippen LogP contribution in [0.4, 0.5) is 5.69 Å². The largest absolute Gasteiger partial charge is 0.502 e. The van der Waals surface area contributed by atoms with Crippen LogP contribution in [0.2, 0.25) is 0 Å². The van der Waals surface area contributed by atoms with Gasteiger partial charge in [0.2, 0.25) is 17.1 Å². The van der Waals surface area contributed by atoms with Gasteiger partial charge in [-0.3, -0.25) is 19.7 Å². The summed E-state index contributed by atoms with van der Waals surface area (Å²) in [6.45, 7) is 1.48. The highest BCUT2D eigenvalue weighted by atomic mass is 16.6. The molecule has 0 bridgehead atoms. The molecule has 2 rings (SSSR count). The lowest BCUT2D eigenvalue weighted by atomic mass is 9.91. The van der Waals surface area contributed by atoms with Crippen molar-refractivity contribution in [1.82, 2.24) is 0 Å². The lowest BCUT2D eigenvalue weighted by Gasteiger charge is -2.16. The van der Waals surface area contributed by atoms with Gasteiger partial charge in [0.25, 0.3) is 0 Å². The molecule has 1 unspecified atom stereocenters. The number of aromatic hydroxyl groups is 2. The summed E-state index contributed by atoms with van der Waals surface area (Å²) in [5, 5.41) is 30.4. The molecule has 9 nitrogen and oxygen atoms in total. The molecule has 1 heterocycles. The molecule has 24 heavy (non-hydrogen) atoms. The van der Waals surface area contributed by atoms with Gasteiger partial charge in [-0.05, 0) is 18.6 Å². The standard InChI is InChI=1S/C15H14N2O7/c1-7-4-12(19)14(21)15(24-7)9(6-13(16)20)8-2-3-11(18)10(5-8)17(22)23/h2-5,9,18,21H,6H2,1H3,(H2,16,20). The number of phenols is 1. The Morgan fingerprint density at radius 3 is 2.62 bits per heavy atom. The van der Waals surface area contributed by atoms with E-state index in [4.69, 9.17) is 10.2 Å². The first-order valence-electron chi connectivity index (χ1n) is 6.80. The van der Waals surface area contributed by atoms with Gasteiger partial charge in [-0.1, -0.05) is 6.07 Å². The Hall–Kier alpha value is -3.36. The van der Waals surface area contributed by atoms with E-state index in [0.717, 1.165) is 18.2 Å². The van der Waals surface area contributed by atoms with Crippen LogP contribution in [0, 0.1) is 17.0 Å². The molecule has 1 amide bonds. The van der Waals surface area contributed by atoms with Crippen LogP contribution < -0.4 is 11.2 Å². The number of carbonyl (C=O) groups is 1. The van der Waals surface area contributed by atoms with Gasteiger partial charge in [-0.25, -0.2) is 0 Å². The van der Waals surface area contributed by atoms with Crippen LogP contribution in [0.15, 0.2) is 33.5 Å². The van der Waals surface area contributed by atoms with Crippen LogP contribution in [-0.2, 0) is 4.79 Å². The smallest absolute Gasteiger partial charge is 0.310 e. The quantitative estimate of drug-likeness (QED) is 0.549. The SMILES string of the molecule is Cc1cc(=O)c(O)c(C(CC(N)=O)c2ccc(O)c([N+](=O)[O-])c2)o1. The minimum absolute atomic E-state index is 0.183. The van der Waals surface area contributed by atoms with Gasteiger partial charge in [0, 0.05) is 18.6 Å². The van der Waals surface area contributed by atoms with E-state index in [0.29, 0.717) is 0 Å². The number of aryl methyl sites for hydroxylation is 1. The lowest BCUT2D eigenvalue weighted by Crippen LogP contribution is -2.18. The van der Waals surface area contributed by atoms with E-state index in [1.807, 2.05) is 0 Å². The third-order valence-corrected chi connectivity index (χ3v) is 3.39. The summed E-state index contributed by atoms with van der Waals surface area (Å²) >= 11 is 0. The highest BCUT2D eigenvalue weighted by molar-refractivity contribution is 5.75. The Labute approximate surface area is 135 Å². The van der Waals surface area contributed by atoms with Crippen molar-refractivity contribution < 1.29 is 24.3 Å². The second-order valence-corrected chi connectivity index (χ2v) is 5.16. The van der Waals surface area contributed by atoms with E-state index < -0.39 is 39.4 Å². The fraction of sp³-hybridized carbons (Fsp3) is 0.200. The summed E-state index contributed by atoms with van der Waals surface area (Å²) in [5.74, 6) is -3.08. The second kappa shape index (κ2) is 6.41. The Bertz CT molecular complexity index is 873. The van der Waals surface area contributed by atoms with Crippen LogP contribution in [0.3, 0.4) is 0 Å². The summed E-state index contributed by atoms with van der Waals surface area (Å²) in [6.07, 6.45) is -0.359. The molecule has 0 aliphatic rings. The number of rotatable bonds is 5. The van der Waals surface area contributed by atoms with Gasteiger partial charge in [0.15, 0.2) is 11.5 Å². The number of nitrogens with two attached hydrogens (primary N) is 1. The van der Waals surface area contributed by atoms with E-state index in [2.05, 4.69) is 0 Å². The first-order chi connectivity index (χ1) is 11.2. The number of hydrogen-bond acceptors (Lipinski definition) is 7. The summed E-state index contributed by atoms with van der Waals surface area (Å²) in [7, 11) is 0. The van der Waals surface area contributed by atoms with Gasteiger partial charge in [0.1, 0.15) is 5.76 Å². The average Bonchev–Trinajstić information content (AvgIpc) is 2.49. The van der Waals surface area contributed by atoms with E-state index in [-0.39, 0.29) is 23.5 Å². The third-order valence-electron chi connectivity index (χ3n) is 3.39. The number of carbonyl (C=O) groups excluding carboxylic acids is 1. The zero-order valence-electron chi connectivity index (χ0n) is 12.6. The van der Waals surface area contributed by atoms with Crippen LogP contribution in [0.1, 0.15) is 29.4 Å². The van der Waals surface area contributed by atoms with Gasteiger partial charge >= 0.3 is 5.69 Å². The van der Waals surface area contributed by atoms with E-state index in [9.17, 15) is 29.9 Å². The normalized spacial score (nSPS) is 11.9. The van der Waals surface area contributed by atoms with Crippen LogP contribution in [0.25, 0.3) is 0 Å². The van der Waals surface area contributed by atoms with Gasteiger partial charge in [-0.15, -0.1) is 0 Å². The van der Waals surface area contributed by atoms with Gasteiger partial charge < -0.3 is 20.4 Å². The van der Waals surface area contributed by atoms with Crippen LogP contribution in [-0.4, -0.2) is 21.0 Å². The Kier molecular flexibility index (Phi) is 4.54. The maximum absolute atomic E-state index is 11.7. The number of nitrogens with zero attached hydrogens (tertiary/aromatic N) is 1. The molecule has 1 aromatic heterocycles. The summed E-state index contributed by atoms with van der Waals surface area (Å²) in [6, 6.07) is 4.49. The summed E-state index contributed by atoms with van der Waals surface area (Å²) in [4.78, 5) is 33.3. The van der Waals surface area contributed by atoms with E-state index in [1.165, 1.54) is 13.0 Å². The van der Waals surface area contributed by atoms with Crippen molar-refractivity contribution in [3.63, 3.8) is 0 Å². The molecule has 0 spiro atoms. The van der Waals surface area contributed by atoms with E-state index >= 15 is 0 Å². The zero-order chi connectivity index (χ0) is 18.0. The number of nitro groups is 1. The van der Waals surface area contributed by atoms with Crippen molar-refractivity contribution in [3.8, 4) is 11.5 Å². The highest BCUT2D eigenvalue weighted by Crippen LogP contribution is 2.36. The molecule has 0 radical (unpaired) electrons. The van der Waals surface area contributed by atoms with Crippen molar-refractivity contribution >= 4 is 11.6 Å². The molecular formula is C15H14N2O7. The zero-order valence-corrected chi connectivity index (χ0v) is 12.6. The molecule has 0 aliphatic carbocycles. The first-order valence-corrected chi connectivity index (χ1v) is 6.80. The predicted molar refractivity (Wildman–Crippen MR) is 81.8 cm³/mol. The van der Waals surface area contributed by atoms with Crippen molar-refractivity contribution in [2.75, 3.05) is 0 Å². The molecule has 0 saturated heterocycles. The van der Waals surface area contributed by atoms with Gasteiger partial charge in [0.05, 0.1) is 10.8 Å². The second-order valence-electron chi connectivity index (χ2n) is 5.16. The van der Waals surface area contributed by atoms with Crippen molar-refractivity contribution in [2.45, 2.75) is 19.3 Å². The third kappa shape index (κ3) is 3.35.